The van der Waals surface area contributed by atoms with Crippen LogP contribution < -0.4 is 10.6 Å². The van der Waals surface area contributed by atoms with Gasteiger partial charge < -0.3 is 45.6 Å². The fraction of sp³-hybridized carbons (Fsp3) is 0.207. The molecule has 3 aromatic carbocycles. The van der Waals surface area contributed by atoms with Crippen LogP contribution in [0, 0.1) is 5.41 Å². The summed E-state index contributed by atoms with van der Waals surface area (Å²) in [6, 6.07) is 8.22. The highest BCUT2D eigenvalue weighted by molar-refractivity contribution is 6.11. The van der Waals surface area contributed by atoms with Crippen molar-refractivity contribution in [3.8, 4) is 23.0 Å². The average molecular weight is 597 g/mol. The number of esters is 2. The standard InChI is InChI=1S/C29H28N2O12/c1-13(43-28(41)29(2,3)4)42-27(40)19-10-15(6-8-21(19)33)31-25(37)17-12-22(34)16(11-23(17)35)24(36)30-14-5-7-20(32)18(9-14)26(38)39/h5-13,32-35H,1-4H3,(H,30,36)(H,31,37)(H,38,39). The van der Waals surface area contributed by atoms with Crippen LogP contribution in [-0.4, -0.2) is 61.5 Å². The number of anilines is 2. The first-order valence-electron chi connectivity index (χ1n) is 12.5. The van der Waals surface area contributed by atoms with E-state index < -0.39 is 81.1 Å². The molecule has 0 aliphatic heterocycles. The van der Waals surface area contributed by atoms with Gasteiger partial charge in [-0.1, -0.05) is 0 Å². The first-order chi connectivity index (χ1) is 20.0. The number of hydrogen-bond donors (Lipinski definition) is 7. The topological polar surface area (TPSA) is 229 Å². The smallest absolute Gasteiger partial charge is 0.345 e. The molecular weight excluding hydrogens is 568 g/mol. The van der Waals surface area contributed by atoms with Crippen LogP contribution in [0.1, 0.15) is 69.1 Å². The number of phenolic OH excluding ortho intramolecular Hbond substituents is 3. The summed E-state index contributed by atoms with van der Waals surface area (Å²) in [4.78, 5) is 61.3. The maximum Gasteiger partial charge on any atom is 0.345 e. The second-order valence-corrected chi connectivity index (χ2v) is 10.2. The number of benzene rings is 3. The van der Waals surface area contributed by atoms with Gasteiger partial charge in [-0.25, -0.2) is 9.59 Å². The van der Waals surface area contributed by atoms with Gasteiger partial charge in [-0.05, 0) is 69.3 Å². The third-order valence-corrected chi connectivity index (χ3v) is 5.72. The van der Waals surface area contributed by atoms with Crippen molar-refractivity contribution in [3.63, 3.8) is 0 Å². The number of aromatic hydroxyl groups is 4. The molecule has 0 radical (unpaired) electrons. The fourth-order valence-electron chi connectivity index (χ4n) is 3.47. The third-order valence-electron chi connectivity index (χ3n) is 5.72. The van der Waals surface area contributed by atoms with Crippen molar-refractivity contribution in [2.24, 2.45) is 5.41 Å². The summed E-state index contributed by atoms with van der Waals surface area (Å²) in [7, 11) is 0. The maximum atomic E-state index is 12.9. The van der Waals surface area contributed by atoms with E-state index in [0.29, 0.717) is 0 Å². The minimum absolute atomic E-state index is 0.0311. The molecule has 0 saturated heterocycles. The lowest BCUT2D eigenvalue weighted by molar-refractivity contribution is -0.174. The highest BCUT2D eigenvalue weighted by atomic mass is 16.7. The number of carbonyl (C=O) groups is 5. The third kappa shape index (κ3) is 7.70. The van der Waals surface area contributed by atoms with Gasteiger partial charge in [0.15, 0.2) is 0 Å². The molecular formula is C29H28N2O12. The summed E-state index contributed by atoms with van der Waals surface area (Å²) in [5.41, 5.74) is -2.72. The van der Waals surface area contributed by atoms with E-state index in [0.717, 1.165) is 36.4 Å². The number of hydrogen-bond acceptors (Lipinski definition) is 11. The average Bonchev–Trinajstić information content (AvgIpc) is 2.90. The SMILES string of the molecule is CC(OC(=O)c1cc(NC(=O)c2cc(O)c(C(=O)Nc3ccc(O)c(C(=O)O)c3)cc2O)ccc1O)OC(=O)C(C)(C)C. The van der Waals surface area contributed by atoms with Gasteiger partial charge in [-0.2, -0.15) is 0 Å². The molecule has 7 N–H and O–H groups in total. The first-order valence-corrected chi connectivity index (χ1v) is 12.5. The summed E-state index contributed by atoms with van der Waals surface area (Å²) in [5, 5.41) is 54.4. The lowest BCUT2D eigenvalue weighted by Gasteiger charge is -2.21. The maximum absolute atomic E-state index is 12.9. The predicted octanol–water partition coefficient (Wildman–Crippen LogP) is 3.80. The minimum Gasteiger partial charge on any atom is -0.507 e. The summed E-state index contributed by atoms with van der Waals surface area (Å²) in [6.45, 7) is 6.13. The van der Waals surface area contributed by atoms with Crippen LogP contribution in [0.5, 0.6) is 23.0 Å². The van der Waals surface area contributed by atoms with Crippen LogP contribution >= 0.6 is 0 Å². The van der Waals surface area contributed by atoms with Gasteiger partial charge in [0, 0.05) is 18.3 Å². The number of rotatable bonds is 8. The van der Waals surface area contributed by atoms with Gasteiger partial charge in [0.05, 0.1) is 16.5 Å². The van der Waals surface area contributed by atoms with Gasteiger partial charge in [0.25, 0.3) is 11.8 Å². The Morgan fingerprint density at radius 2 is 1.09 bits per heavy atom. The molecule has 0 saturated carbocycles. The molecule has 43 heavy (non-hydrogen) atoms. The molecule has 0 aliphatic rings. The van der Waals surface area contributed by atoms with E-state index in [1.807, 2.05) is 0 Å². The van der Waals surface area contributed by atoms with Gasteiger partial charge in [-0.3, -0.25) is 14.4 Å². The second-order valence-electron chi connectivity index (χ2n) is 10.2. The normalized spacial score (nSPS) is 11.6. The van der Waals surface area contributed by atoms with E-state index >= 15 is 0 Å². The molecule has 14 nitrogen and oxygen atoms in total. The van der Waals surface area contributed by atoms with E-state index in [1.165, 1.54) is 19.1 Å². The number of nitrogens with one attached hydrogen (secondary N) is 2. The Balaban J connectivity index is 1.75. The number of carboxylic acids is 1. The van der Waals surface area contributed by atoms with Crippen molar-refractivity contribution >= 4 is 41.1 Å². The zero-order valence-electron chi connectivity index (χ0n) is 23.3. The van der Waals surface area contributed by atoms with Crippen molar-refractivity contribution in [3.05, 3.63) is 70.8 Å². The minimum atomic E-state index is -1.45. The van der Waals surface area contributed by atoms with Crippen molar-refractivity contribution in [2.75, 3.05) is 10.6 Å². The van der Waals surface area contributed by atoms with Crippen molar-refractivity contribution < 1.29 is 59.0 Å². The lowest BCUT2D eigenvalue weighted by atomic mass is 9.97. The van der Waals surface area contributed by atoms with Gasteiger partial charge in [-0.15, -0.1) is 0 Å². The number of phenols is 4. The Morgan fingerprint density at radius 1 is 0.651 bits per heavy atom. The fourth-order valence-corrected chi connectivity index (χ4v) is 3.47. The van der Waals surface area contributed by atoms with Crippen LogP contribution in [0.2, 0.25) is 0 Å². The summed E-state index contributed by atoms with van der Waals surface area (Å²) in [6.07, 6.45) is -1.29. The quantitative estimate of drug-likeness (QED) is 0.112. The Hall–Kier alpha value is -5.79. The molecule has 0 spiro atoms. The first kappa shape index (κ1) is 31.7. The molecule has 3 aromatic rings. The Morgan fingerprint density at radius 3 is 1.53 bits per heavy atom. The van der Waals surface area contributed by atoms with Gasteiger partial charge in [0.2, 0.25) is 6.29 Å². The van der Waals surface area contributed by atoms with Crippen LogP contribution in [0.25, 0.3) is 0 Å². The molecule has 0 heterocycles. The second kappa shape index (κ2) is 12.4. The molecule has 3 rings (SSSR count). The molecule has 0 bridgehead atoms. The Kier molecular flexibility index (Phi) is 9.14. The molecule has 0 aliphatic carbocycles. The lowest BCUT2D eigenvalue weighted by Crippen LogP contribution is -2.29. The zero-order valence-corrected chi connectivity index (χ0v) is 23.3. The number of amides is 2. The summed E-state index contributed by atoms with van der Waals surface area (Å²) < 4.78 is 10.1. The molecule has 1 atom stereocenters. The number of carbonyl (C=O) groups excluding carboxylic acids is 4. The van der Waals surface area contributed by atoms with Crippen molar-refractivity contribution in [1.82, 2.24) is 0 Å². The van der Waals surface area contributed by atoms with Gasteiger partial charge >= 0.3 is 17.9 Å². The molecule has 226 valence electrons. The Bertz CT molecular complexity index is 1620. The Labute approximate surface area is 244 Å². The van der Waals surface area contributed by atoms with Crippen molar-refractivity contribution in [1.29, 1.82) is 0 Å². The van der Waals surface area contributed by atoms with E-state index in [-0.39, 0.29) is 16.9 Å². The van der Waals surface area contributed by atoms with E-state index in [9.17, 15) is 44.4 Å². The van der Waals surface area contributed by atoms with Crippen LogP contribution in [0.4, 0.5) is 11.4 Å². The largest absolute Gasteiger partial charge is 0.507 e. The van der Waals surface area contributed by atoms with E-state index in [4.69, 9.17) is 14.6 Å². The summed E-state index contributed by atoms with van der Waals surface area (Å²) in [5.74, 6) is -7.55. The number of ether oxygens (including phenoxy) is 2. The molecule has 1 unspecified atom stereocenters. The number of aromatic carboxylic acids is 1. The highest BCUT2D eigenvalue weighted by Gasteiger charge is 2.27. The van der Waals surface area contributed by atoms with Crippen LogP contribution in [0.15, 0.2) is 48.5 Å². The van der Waals surface area contributed by atoms with E-state index in [2.05, 4.69) is 10.6 Å². The molecule has 14 heteroatoms. The molecule has 2 amide bonds. The predicted molar refractivity (Wildman–Crippen MR) is 149 cm³/mol. The monoisotopic (exact) mass is 596 g/mol. The van der Waals surface area contributed by atoms with E-state index in [1.54, 1.807) is 20.8 Å². The van der Waals surface area contributed by atoms with Crippen molar-refractivity contribution in [2.45, 2.75) is 34.0 Å². The highest BCUT2D eigenvalue weighted by Crippen LogP contribution is 2.30. The molecule has 0 aromatic heterocycles. The molecule has 0 fully saturated rings. The number of carboxylic acid groups (broad SMARTS) is 1. The van der Waals surface area contributed by atoms with Gasteiger partial charge in [0.1, 0.15) is 34.1 Å². The zero-order chi connectivity index (χ0) is 32.2. The van der Waals surface area contributed by atoms with Crippen LogP contribution in [0.3, 0.4) is 0 Å². The summed E-state index contributed by atoms with van der Waals surface area (Å²) >= 11 is 0. The van der Waals surface area contributed by atoms with Crippen LogP contribution in [-0.2, 0) is 14.3 Å².